The van der Waals surface area contributed by atoms with Crippen LogP contribution in [0.3, 0.4) is 0 Å². The van der Waals surface area contributed by atoms with Crippen LogP contribution in [-0.2, 0) is 11.3 Å². The number of hydrogen-bond donors (Lipinski definition) is 1. The second-order valence-electron chi connectivity index (χ2n) is 9.40. The molecule has 1 aromatic rings. The minimum Gasteiger partial charge on any atom is -0.493 e. The maximum absolute atomic E-state index is 12.0. The standard InChI is InChI=1S/C28H48N2O6/c1-4-5-6-7-8-9-10-11-12-13-14-15-16-17-18-19-20-29-28(31)36-23-24-21-26(34-2)27(35-3)22-25(24)30(32)33/h21-22H,4-20,23H2,1-3H3,(H,29,31). The predicted molar refractivity (Wildman–Crippen MR) is 144 cm³/mol. The Morgan fingerprint density at radius 3 is 1.67 bits per heavy atom. The molecule has 0 aromatic heterocycles. The number of benzene rings is 1. The molecule has 0 aliphatic heterocycles. The topological polar surface area (TPSA) is 99.9 Å². The second-order valence-corrected chi connectivity index (χ2v) is 9.40. The van der Waals surface area contributed by atoms with E-state index in [1.807, 2.05) is 0 Å². The van der Waals surface area contributed by atoms with Gasteiger partial charge in [0, 0.05) is 6.54 Å². The maximum Gasteiger partial charge on any atom is 0.407 e. The van der Waals surface area contributed by atoms with Crippen molar-refractivity contribution in [2.24, 2.45) is 0 Å². The number of carbonyl (C=O) groups excluding carboxylic acids is 1. The van der Waals surface area contributed by atoms with Crippen molar-refractivity contribution in [3.63, 3.8) is 0 Å². The molecule has 0 heterocycles. The number of nitrogens with one attached hydrogen (secondary N) is 1. The number of alkyl carbamates (subject to hydrolysis) is 1. The third-order valence-electron chi connectivity index (χ3n) is 6.44. The molecule has 206 valence electrons. The van der Waals surface area contributed by atoms with Crippen molar-refractivity contribution in [1.82, 2.24) is 5.32 Å². The van der Waals surface area contributed by atoms with Gasteiger partial charge in [0.25, 0.3) is 5.69 Å². The number of nitro benzene ring substituents is 1. The zero-order valence-electron chi connectivity index (χ0n) is 22.8. The lowest BCUT2D eigenvalue weighted by molar-refractivity contribution is -0.385. The van der Waals surface area contributed by atoms with Gasteiger partial charge in [-0.3, -0.25) is 10.1 Å². The van der Waals surface area contributed by atoms with Gasteiger partial charge in [-0.2, -0.15) is 0 Å². The van der Waals surface area contributed by atoms with Gasteiger partial charge in [-0.25, -0.2) is 4.79 Å². The Hall–Kier alpha value is -2.51. The van der Waals surface area contributed by atoms with Crippen molar-refractivity contribution >= 4 is 11.8 Å². The van der Waals surface area contributed by atoms with Crippen LogP contribution in [0, 0.1) is 10.1 Å². The highest BCUT2D eigenvalue weighted by Crippen LogP contribution is 2.34. The number of hydrogen-bond acceptors (Lipinski definition) is 6. The summed E-state index contributed by atoms with van der Waals surface area (Å²) < 4.78 is 15.5. The van der Waals surface area contributed by atoms with Gasteiger partial charge >= 0.3 is 6.09 Å². The van der Waals surface area contributed by atoms with E-state index in [-0.39, 0.29) is 23.6 Å². The monoisotopic (exact) mass is 508 g/mol. The maximum atomic E-state index is 12.0. The molecule has 0 aliphatic carbocycles. The average molecular weight is 509 g/mol. The number of ether oxygens (including phenoxy) is 3. The molecule has 0 fully saturated rings. The van der Waals surface area contributed by atoms with Gasteiger partial charge in [-0.05, 0) is 12.5 Å². The number of amides is 1. The predicted octanol–water partition coefficient (Wildman–Crippen LogP) is 8.10. The van der Waals surface area contributed by atoms with E-state index < -0.39 is 11.0 Å². The highest BCUT2D eigenvalue weighted by Gasteiger charge is 2.20. The first-order valence-corrected chi connectivity index (χ1v) is 13.8. The summed E-state index contributed by atoms with van der Waals surface area (Å²) in [6, 6.07) is 2.73. The van der Waals surface area contributed by atoms with Crippen molar-refractivity contribution in [2.75, 3.05) is 20.8 Å². The minimum atomic E-state index is -0.583. The van der Waals surface area contributed by atoms with Crippen molar-refractivity contribution in [3.05, 3.63) is 27.8 Å². The fraction of sp³-hybridized carbons (Fsp3) is 0.750. The molecule has 0 unspecified atom stereocenters. The second kappa shape index (κ2) is 20.7. The summed E-state index contributed by atoms with van der Waals surface area (Å²) in [6.07, 6.45) is 20.2. The van der Waals surface area contributed by atoms with E-state index in [1.165, 1.54) is 116 Å². The van der Waals surface area contributed by atoms with Crippen LogP contribution >= 0.6 is 0 Å². The summed E-state index contributed by atoms with van der Waals surface area (Å²) in [5.74, 6) is 0.594. The summed E-state index contributed by atoms with van der Waals surface area (Å²) in [4.78, 5) is 22.8. The SMILES string of the molecule is CCCCCCCCCCCCCCCCCCNC(=O)OCc1cc(OC)c(OC)cc1[N+](=O)[O-]. The number of unbranched alkanes of at least 4 members (excludes halogenated alkanes) is 15. The molecule has 36 heavy (non-hydrogen) atoms. The lowest BCUT2D eigenvalue weighted by atomic mass is 10.0. The largest absolute Gasteiger partial charge is 0.493 e. The quantitative estimate of drug-likeness (QED) is 0.0964. The van der Waals surface area contributed by atoms with Gasteiger partial charge in [0.2, 0.25) is 0 Å². The molecule has 0 saturated heterocycles. The highest BCUT2D eigenvalue weighted by molar-refractivity contribution is 5.67. The first-order valence-electron chi connectivity index (χ1n) is 13.8. The zero-order chi connectivity index (χ0) is 26.4. The number of nitrogens with zero attached hydrogens (tertiary/aromatic N) is 1. The Morgan fingerprint density at radius 1 is 0.778 bits per heavy atom. The van der Waals surface area contributed by atoms with E-state index >= 15 is 0 Å². The molecule has 8 heteroatoms. The fourth-order valence-corrected chi connectivity index (χ4v) is 4.25. The van der Waals surface area contributed by atoms with Crippen LogP contribution in [0.15, 0.2) is 12.1 Å². The molecule has 1 N–H and O–H groups in total. The molecule has 0 radical (unpaired) electrons. The average Bonchev–Trinajstić information content (AvgIpc) is 2.88. The summed E-state index contributed by atoms with van der Waals surface area (Å²) in [6.45, 7) is 2.58. The molecule has 8 nitrogen and oxygen atoms in total. The Kier molecular flexibility index (Phi) is 18.1. The first-order chi connectivity index (χ1) is 17.5. The summed E-state index contributed by atoms with van der Waals surface area (Å²) in [7, 11) is 2.85. The molecular weight excluding hydrogens is 460 g/mol. The summed E-state index contributed by atoms with van der Waals surface area (Å²) >= 11 is 0. The van der Waals surface area contributed by atoms with Crippen LogP contribution in [0.25, 0.3) is 0 Å². The van der Waals surface area contributed by atoms with Crippen LogP contribution in [0.4, 0.5) is 10.5 Å². The molecule has 0 spiro atoms. The molecule has 0 aliphatic rings. The van der Waals surface area contributed by atoms with Crippen LogP contribution in [0.2, 0.25) is 0 Å². The van der Waals surface area contributed by atoms with Gasteiger partial charge in [0.1, 0.15) is 6.61 Å². The Morgan fingerprint density at radius 2 is 1.22 bits per heavy atom. The molecular formula is C28H48N2O6. The van der Waals surface area contributed by atoms with Crippen molar-refractivity contribution < 1.29 is 23.9 Å². The molecule has 0 saturated carbocycles. The van der Waals surface area contributed by atoms with E-state index in [0.29, 0.717) is 12.3 Å². The lowest BCUT2D eigenvalue weighted by Gasteiger charge is -2.11. The zero-order valence-corrected chi connectivity index (χ0v) is 22.8. The van der Waals surface area contributed by atoms with Gasteiger partial charge in [0.15, 0.2) is 11.5 Å². The number of rotatable bonds is 22. The van der Waals surface area contributed by atoms with E-state index in [9.17, 15) is 14.9 Å². The summed E-state index contributed by atoms with van der Waals surface area (Å²) in [5.41, 5.74) is 0.0634. The van der Waals surface area contributed by atoms with E-state index in [1.54, 1.807) is 0 Å². The van der Waals surface area contributed by atoms with Crippen molar-refractivity contribution in [3.8, 4) is 11.5 Å². The smallest absolute Gasteiger partial charge is 0.407 e. The van der Waals surface area contributed by atoms with Gasteiger partial charge in [-0.15, -0.1) is 0 Å². The fourth-order valence-electron chi connectivity index (χ4n) is 4.25. The first kappa shape index (κ1) is 31.5. The van der Waals surface area contributed by atoms with E-state index in [4.69, 9.17) is 14.2 Å². The molecule has 1 aromatic carbocycles. The molecule has 0 atom stereocenters. The summed E-state index contributed by atoms with van der Waals surface area (Å²) in [5, 5.41) is 14.0. The van der Waals surface area contributed by atoms with Crippen LogP contribution < -0.4 is 14.8 Å². The van der Waals surface area contributed by atoms with E-state index in [0.717, 1.165) is 12.8 Å². The Balaban J connectivity index is 2.04. The Bertz CT molecular complexity index is 741. The third kappa shape index (κ3) is 14.1. The van der Waals surface area contributed by atoms with Gasteiger partial charge in [-0.1, -0.05) is 103 Å². The lowest BCUT2D eigenvalue weighted by Crippen LogP contribution is -2.25. The highest BCUT2D eigenvalue weighted by atomic mass is 16.6. The third-order valence-corrected chi connectivity index (χ3v) is 6.44. The van der Waals surface area contributed by atoms with Gasteiger partial charge < -0.3 is 19.5 Å². The number of methoxy groups -OCH3 is 2. The molecule has 0 bridgehead atoms. The van der Waals surface area contributed by atoms with Gasteiger partial charge in [0.05, 0.1) is 30.8 Å². The van der Waals surface area contributed by atoms with Crippen molar-refractivity contribution in [2.45, 2.75) is 116 Å². The van der Waals surface area contributed by atoms with Crippen LogP contribution in [-0.4, -0.2) is 31.8 Å². The number of nitro groups is 1. The molecule has 1 rings (SSSR count). The van der Waals surface area contributed by atoms with Crippen LogP contribution in [0.1, 0.15) is 115 Å². The number of carbonyl (C=O) groups is 1. The normalized spacial score (nSPS) is 10.8. The van der Waals surface area contributed by atoms with Crippen molar-refractivity contribution in [1.29, 1.82) is 0 Å². The van der Waals surface area contributed by atoms with Crippen LogP contribution in [0.5, 0.6) is 11.5 Å². The van der Waals surface area contributed by atoms with E-state index in [2.05, 4.69) is 12.2 Å². The minimum absolute atomic E-state index is 0.182. The molecule has 1 amide bonds. The Labute approximate surface area is 217 Å².